The van der Waals surface area contributed by atoms with Crippen molar-refractivity contribution in [2.45, 2.75) is 19.8 Å². The maximum atomic E-state index is 13.0. The van der Waals surface area contributed by atoms with E-state index in [2.05, 4.69) is 0 Å². The lowest BCUT2D eigenvalue weighted by molar-refractivity contribution is -0.144. The molecule has 0 aliphatic carbocycles. The second-order valence-electron chi connectivity index (χ2n) is 6.43. The Bertz CT molecular complexity index is 1010. The van der Waals surface area contributed by atoms with Crippen LogP contribution in [-0.4, -0.2) is 25.5 Å². The van der Waals surface area contributed by atoms with Gasteiger partial charge in [-0.25, -0.2) is 0 Å². The van der Waals surface area contributed by atoms with Crippen molar-refractivity contribution in [3.8, 4) is 16.2 Å². The fraction of sp³-hybridized carbons (Fsp3) is 0.217. The molecule has 0 bridgehead atoms. The van der Waals surface area contributed by atoms with Gasteiger partial charge in [-0.15, -0.1) is 11.3 Å². The molecule has 6 heteroatoms. The van der Waals surface area contributed by atoms with Crippen LogP contribution in [0, 0.1) is 0 Å². The zero-order chi connectivity index (χ0) is 21.0. The fourth-order valence-corrected chi connectivity index (χ4v) is 4.29. The third-order valence-electron chi connectivity index (χ3n) is 4.55. The lowest BCUT2D eigenvalue weighted by Crippen LogP contribution is -2.13. The second kappa shape index (κ2) is 9.25. The van der Waals surface area contributed by atoms with Gasteiger partial charge >= 0.3 is 5.97 Å². The molecule has 1 atom stereocenters. The molecular formula is C23H21ClO4S. The van der Waals surface area contributed by atoms with Crippen molar-refractivity contribution < 1.29 is 19.1 Å². The summed E-state index contributed by atoms with van der Waals surface area (Å²) in [7, 11) is 1.58. The van der Waals surface area contributed by atoms with Gasteiger partial charge in [0.05, 0.1) is 24.5 Å². The predicted octanol–water partition coefficient (Wildman–Crippen LogP) is 5.97. The Morgan fingerprint density at radius 1 is 1.07 bits per heavy atom. The molecule has 29 heavy (non-hydrogen) atoms. The van der Waals surface area contributed by atoms with Crippen LogP contribution in [0.1, 0.15) is 40.6 Å². The number of hydrogen-bond acceptors (Lipinski definition) is 5. The van der Waals surface area contributed by atoms with Crippen molar-refractivity contribution in [3.63, 3.8) is 0 Å². The molecule has 3 aromatic rings. The van der Waals surface area contributed by atoms with Gasteiger partial charge in [0.15, 0.2) is 0 Å². The highest BCUT2D eigenvalue weighted by Crippen LogP contribution is 2.39. The molecule has 3 rings (SSSR count). The second-order valence-corrected chi connectivity index (χ2v) is 7.92. The molecule has 1 unspecified atom stereocenters. The van der Waals surface area contributed by atoms with E-state index in [1.165, 1.54) is 11.3 Å². The number of methoxy groups -OCH3 is 1. The molecule has 0 aliphatic heterocycles. The number of hydrogen-bond donors (Lipinski definition) is 0. The van der Waals surface area contributed by atoms with Gasteiger partial charge in [0.25, 0.3) is 0 Å². The number of rotatable bonds is 7. The highest BCUT2D eigenvalue weighted by molar-refractivity contribution is 7.17. The number of carbonyl (C=O) groups is 2. The molecule has 2 aromatic carbocycles. The van der Waals surface area contributed by atoms with Crippen molar-refractivity contribution >= 4 is 34.7 Å². The van der Waals surface area contributed by atoms with Gasteiger partial charge in [0, 0.05) is 15.5 Å². The van der Waals surface area contributed by atoms with E-state index in [1.54, 1.807) is 63.4 Å². The Hall–Kier alpha value is -2.63. The number of ether oxygens (including phenoxy) is 2. The molecule has 0 N–H and O–H groups in total. The van der Waals surface area contributed by atoms with E-state index in [0.29, 0.717) is 27.8 Å². The number of benzene rings is 2. The predicted molar refractivity (Wildman–Crippen MR) is 116 cm³/mol. The minimum absolute atomic E-state index is 0.102. The van der Waals surface area contributed by atoms with E-state index < -0.39 is 5.92 Å². The van der Waals surface area contributed by atoms with Gasteiger partial charge in [-0.2, -0.15) is 0 Å². The van der Waals surface area contributed by atoms with Crippen LogP contribution in [0.2, 0.25) is 5.02 Å². The maximum absolute atomic E-state index is 13.0. The lowest BCUT2D eigenvalue weighted by Gasteiger charge is -2.11. The first-order valence-corrected chi connectivity index (χ1v) is 10.4. The SMILES string of the molecule is CCOC(=O)C(C)c1cc(C(=O)c2ccc(OC)cc2)sc1-c1ccc(Cl)cc1. The van der Waals surface area contributed by atoms with Crippen LogP contribution in [0.4, 0.5) is 0 Å². The maximum Gasteiger partial charge on any atom is 0.313 e. The molecule has 4 nitrogen and oxygen atoms in total. The van der Waals surface area contributed by atoms with Gasteiger partial charge < -0.3 is 9.47 Å². The van der Waals surface area contributed by atoms with Gasteiger partial charge in [-0.3, -0.25) is 9.59 Å². The number of thiophene rings is 1. The zero-order valence-electron chi connectivity index (χ0n) is 16.4. The van der Waals surface area contributed by atoms with E-state index in [1.807, 2.05) is 12.1 Å². The third kappa shape index (κ3) is 4.69. The zero-order valence-corrected chi connectivity index (χ0v) is 18.0. The first-order chi connectivity index (χ1) is 13.9. The van der Waals surface area contributed by atoms with Crippen molar-refractivity contribution in [3.05, 3.63) is 75.6 Å². The molecular weight excluding hydrogens is 408 g/mol. The summed E-state index contributed by atoms with van der Waals surface area (Å²) in [6.07, 6.45) is 0. The molecule has 150 valence electrons. The minimum Gasteiger partial charge on any atom is -0.497 e. The molecule has 1 aromatic heterocycles. The largest absolute Gasteiger partial charge is 0.497 e. The monoisotopic (exact) mass is 428 g/mol. The molecule has 0 saturated heterocycles. The van der Waals surface area contributed by atoms with Crippen LogP contribution in [0.15, 0.2) is 54.6 Å². The Kier molecular flexibility index (Phi) is 6.72. The van der Waals surface area contributed by atoms with Crippen LogP contribution < -0.4 is 4.74 Å². The van der Waals surface area contributed by atoms with Crippen LogP contribution in [-0.2, 0) is 9.53 Å². The van der Waals surface area contributed by atoms with Crippen LogP contribution >= 0.6 is 22.9 Å². The molecule has 1 heterocycles. The first-order valence-electron chi connectivity index (χ1n) is 9.19. The highest BCUT2D eigenvalue weighted by Gasteiger charge is 2.25. The van der Waals surface area contributed by atoms with Crippen molar-refractivity contribution in [2.24, 2.45) is 0 Å². The molecule has 0 aliphatic rings. The standard InChI is InChI=1S/C23H21ClO4S/c1-4-28-23(26)14(2)19-13-20(21(25)15-7-11-18(27-3)12-8-15)29-22(19)16-5-9-17(24)10-6-16/h5-14H,4H2,1-3H3. The lowest BCUT2D eigenvalue weighted by atomic mass is 9.97. The Labute approximate surface area is 179 Å². The molecule has 0 saturated carbocycles. The smallest absolute Gasteiger partial charge is 0.313 e. The average Bonchev–Trinajstić information content (AvgIpc) is 3.18. The quantitative estimate of drug-likeness (QED) is 0.343. The summed E-state index contributed by atoms with van der Waals surface area (Å²) >= 11 is 7.38. The Balaban J connectivity index is 2.04. The van der Waals surface area contributed by atoms with E-state index >= 15 is 0 Å². The molecule has 0 fully saturated rings. The van der Waals surface area contributed by atoms with Gasteiger partial charge in [0.1, 0.15) is 5.75 Å². The van der Waals surface area contributed by atoms with E-state index in [0.717, 1.165) is 16.0 Å². The minimum atomic E-state index is -0.491. The van der Waals surface area contributed by atoms with E-state index in [4.69, 9.17) is 21.1 Å². The summed E-state index contributed by atoms with van der Waals surface area (Å²) in [6.45, 7) is 3.87. The Morgan fingerprint density at radius 3 is 2.31 bits per heavy atom. The summed E-state index contributed by atoms with van der Waals surface area (Å²) in [5, 5.41) is 0.625. The summed E-state index contributed by atoms with van der Waals surface area (Å²) in [5.41, 5.74) is 2.23. The van der Waals surface area contributed by atoms with Crippen LogP contribution in [0.25, 0.3) is 10.4 Å². The van der Waals surface area contributed by atoms with Crippen LogP contribution in [0.3, 0.4) is 0 Å². The molecule has 0 amide bonds. The summed E-state index contributed by atoms with van der Waals surface area (Å²) in [6, 6.07) is 16.1. The van der Waals surface area contributed by atoms with Crippen LogP contribution in [0.5, 0.6) is 5.75 Å². The van der Waals surface area contributed by atoms with Gasteiger partial charge in [0.2, 0.25) is 5.78 Å². The molecule has 0 radical (unpaired) electrons. The summed E-state index contributed by atoms with van der Waals surface area (Å²) in [5.74, 6) is -0.223. The topological polar surface area (TPSA) is 52.6 Å². The fourth-order valence-electron chi connectivity index (χ4n) is 2.94. The van der Waals surface area contributed by atoms with Gasteiger partial charge in [-0.1, -0.05) is 23.7 Å². The average molecular weight is 429 g/mol. The van der Waals surface area contributed by atoms with Gasteiger partial charge in [-0.05, 0) is 67.4 Å². The normalized spacial score (nSPS) is 11.7. The van der Waals surface area contributed by atoms with Crippen molar-refractivity contribution in [1.82, 2.24) is 0 Å². The number of ketones is 1. The highest BCUT2D eigenvalue weighted by atomic mass is 35.5. The number of halogens is 1. The summed E-state index contributed by atoms with van der Waals surface area (Å²) in [4.78, 5) is 26.8. The van der Waals surface area contributed by atoms with E-state index in [-0.39, 0.29) is 11.8 Å². The number of esters is 1. The van der Waals surface area contributed by atoms with Crippen molar-refractivity contribution in [1.29, 1.82) is 0 Å². The van der Waals surface area contributed by atoms with Crippen molar-refractivity contribution in [2.75, 3.05) is 13.7 Å². The molecule has 0 spiro atoms. The summed E-state index contributed by atoms with van der Waals surface area (Å²) < 4.78 is 10.3. The number of carbonyl (C=O) groups excluding carboxylic acids is 2. The third-order valence-corrected chi connectivity index (χ3v) is 6.00. The first kappa shape index (κ1) is 21.1. The van der Waals surface area contributed by atoms with E-state index in [9.17, 15) is 9.59 Å². The Morgan fingerprint density at radius 2 is 1.72 bits per heavy atom.